The largest absolute Gasteiger partial charge is 0.134 e. The van der Waals surface area contributed by atoms with E-state index in [9.17, 15) is 0 Å². The Bertz CT molecular complexity index is 67.0. The summed E-state index contributed by atoms with van der Waals surface area (Å²) in [6, 6.07) is 0. The fourth-order valence-corrected chi connectivity index (χ4v) is 1.13. The van der Waals surface area contributed by atoms with Crippen LogP contribution in [0.1, 0.15) is 33.1 Å². The van der Waals surface area contributed by atoms with E-state index < -0.39 is 0 Å². The van der Waals surface area contributed by atoms with Gasteiger partial charge in [0.1, 0.15) is 0 Å². The van der Waals surface area contributed by atoms with Gasteiger partial charge in [0.05, 0.1) is 0 Å². The van der Waals surface area contributed by atoms with Gasteiger partial charge in [-0.1, -0.05) is 26.3 Å². The first kappa shape index (κ1) is 9.09. The van der Waals surface area contributed by atoms with Crippen molar-refractivity contribution in [2.45, 2.75) is 33.1 Å². The molecule has 0 radical (unpaired) electrons. The maximum Gasteiger partial charge on any atom is -0.00287 e. The SMILES string of the molecule is CCCC=CSCCC. The number of rotatable bonds is 5. The van der Waals surface area contributed by atoms with Gasteiger partial charge in [-0.05, 0) is 24.0 Å². The predicted molar refractivity (Wildman–Crippen MR) is 46.8 cm³/mol. The summed E-state index contributed by atoms with van der Waals surface area (Å²) < 4.78 is 0. The Hall–Kier alpha value is 0.0900. The smallest absolute Gasteiger partial charge is 0.00287 e. The van der Waals surface area contributed by atoms with E-state index in [0.717, 1.165) is 0 Å². The van der Waals surface area contributed by atoms with Gasteiger partial charge in [0, 0.05) is 0 Å². The van der Waals surface area contributed by atoms with Crippen molar-refractivity contribution in [1.29, 1.82) is 0 Å². The summed E-state index contributed by atoms with van der Waals surface area (Å²) in [6.45, 7) is 4.41. The summed E-state index contributed by atoms with van der Waals surface area (Å²) in [6.07, 6.45) is 6.03. The third-order valence-corrected chi connectivity index (χ3v) is 2.00. The molecule has 0 heterocycles. The minimum Gasteiger partial charge on any atom is -0.134 e. The Morgan fingerprint density at radius 1 is 1.22 bits per heavy atom. The average Bonchev–Trinajstić information content (AvgIpc) is 1.89. The van der Waals surface area contributed by atoms with Gasteiger partial charge in [-0.25, -0.2) is 0 Å². The molecule has 0 rings (SSSR count). The monoisotopic (exact) mass is 144 g/mol. The molecule has 0 unspecified atom stereocenters. The maximum absolute atomic E-state index is 2.25. The van der Waals surface area contributed by atoms with Crippen molar-refractivity contribution < 1.29 is 0 Å². The molecule has 0 bridgehead atoms. The quantitative estimate of drug-likeness (QED) is 0.533. The Morgan fingerprint density at radius 3 is 2.56 bits per heavy atom. The molecule has 0 atom stereocenters. The van der Waals surface area contributed by atoms with Gasteiger partial charge in [0.2, 0.25) is 0 Å². The molecule has 0 aromatic rings. The van der Waals surface area contributed by atoms with Crippen molar-refractivity contribution in [3.63, 3.8) is 0 Å². The van der Waals surface area contributed by atoms with E-state index in [4.69, 9.17) is 0 Å². The summed E-state index contributed by atoms with van der Waals surface area (Å²) in [5, 5.41) is 2.22. The molecule has 0 aliphatic heterocycles. The highest BCUT2D eigenvalue weighted by Gasteiger charge is 1.76. The van der Waals surface area contributed by atoms with Gasteiger partial charge in [-0.2, -0.15) is 0 Å². The molecule has 0 aromatic heterocycles. The summed E-state index contributed by atoms with van der Waals surface area (Å²) in [5.41, 5.74) is 0. The highest BCUT2D eigenvalue weighted by Crippen LogP contribution is 2.04. The van der Waals surface area contributed by atoms with Crippen LogP contribution in [0, 0.1) is 0 Å². The van der Waals surface area contributed by atoms with Crippen LogP contribution in [0.3, 0.4) is 0 Å². The van der Waals surface area contributed by atoms with E-state index in [0.29, 0.717) is 0 Å². The Kier molecular flexibility index (Phi) is 8.17. The lowest BCUT2D eigenvalue weighted by atomic mass is 10.3. The van der Waals surface area contributed by atoms with Crippen LogP contribution in [0.25, 0.3) is 0 Å². The Labute approximate surface area is 62.7 Å². The summed E-state index contributed by atoms with van der Waals surface area (Å²) in [4.78, 5) is 0. The van der Waals surface area contributed by atoms with E-state index in [1.807, 2.05) is 11.8 Å². The van der Waals surface area contributed by atoms with Gasteiger partial charge < -0.3 is 0 Å². The second kappa shape index (κ2) is 8.09. The first-order chi connectivity index (χ1) is 4.41. The van der Waals surface area contributed by atoms with Crippen LogP contribution >= 0.6 is 11.8 Å². The molecule has 0 aromatic carbocycles. The van der Waals surface area contributed by atoms with Crippen molar-refractivity contribution in [1.82, 2.24) is 0 Å². The van der Waals surface area contributed by atoms with Gasteiger partial charge >= 0.3 is 0 Å². The lowest BCUT2D eigenvalue weighted by Crippen LogP contribution is -1.67. The molecular formula is C8H16S. The van der Waals surface area contributed by atoms with E-state index in [1.54, 1.807) is 0 Å². The van der Waals surface area contributed by atoms with E-state index in [-0.39, 0.29) is 0 Å². The molecule has 0 N–H and O–H groups in total. The van der Waals surface area contributed by atoms with E-state index in [2.05, 4.69) is 25.3 Å². The molecule has 0 saturated heterocycles. The zero-order chi connectivity index (χ0) is 6.95. The Balaban J connectivity index is 2.86. The van der Waals surface area contributed by atoms with Crippen LogP contribution in [0.2, 0.25) is 0 Å². The average molecular weight is 144 g/mol. The lowest BCUT2D eigenvalue weighted by Gasteiger charge is -1.87. The first-order valence-corrected chi connectivity index (χ1v) is 4.73. The fraction of sp³-hybridized carbons (Fsp3) is 0.750. The molecule has 0 fully saturated rings. The molecule has 0 aliphatic rings. The molecular weight excluding hydrogens is 128 g/mol. The van der Waals surface area contributed by atoms with Crippen molar-refractivity contribution in [3.05, 3.63) is 11.5 Å². The second-order valence-electron chi connectivity index (χ2n) is 2.03. The molecule has 9 heavy (non-hydrogen) atoms. The van der Waals surface area contributed by atoms with Crippen LogP contribution < -0.4 is 0 Å². The van der Waals surface area contributed by atoms with Gasteiger partial charge in [-0.3, -0.25) is 0 Å². The van der Waals surface area contributed by atoms with Crippen molar-refractivity contribution in [2.24, 2.45) is 0 Å². The van der Waals surface area contributed by atoms with Crippen LogP contribution in [0.4, 0.5) is 0 Å². The van der Waals surface area contributed by atoms with Crippen LogP contribution in [0.15, 0.2) is 11.5 Å². The van der Waals surface area contributed by atoms with Gasteiger partial charge in [-0.15, -0.1) is 11.8 Å². The highest BCUT2D eigenvalue weighted by atomic mass is 32.2. The molecule has 0 saturated carbocycles. The van der Waals surface area contributed by atoms with Crippen molar-refractivity contribution in [3.8, 4) is 0 Å². The maximum atomic E-state index is 2.25. The van der Waals surface area contributed by atoms with Gasteiger partial charge in [0.15, 0.2) is 0 Å². The standard InChI is InChI=1S/C8H16S/c1-3-5-6-8-9-7-4-2/h6,8H,3-5,7H2,1-2H3. The van der Waals surface area contributed by atoms with Crippen molar-refractivity contribution >= 4 is 11.8 Å². The Morgan fingerprint density at radius 2 is 2.00 bits per heavy atom. The minimum absolute atomic E-state index is 1.23. The molecule has 54 valence electrons. The molecule has 0 spiro atoms. The number of hydrogen-bond acceptors (Lipinski definition) is 1. The summed E-state index contributed by atoms with van der Waals surface area (Å²) in [5.74, 6) is 1.26. The summed E-state index contributed by atoms with van der Waals surface area (Å²) >= 11 is 1.91. The van der Waals surface area contributed by atoms with Crippen LogP contribution in [-0.2, 0) is 0 Å². The van der Waals surface area contributed by atoms with E-state index in [1.165, 1.54) is 25.0 Å². The molecule has 0 amide bonds. The normalized spacial score (nSPS) is 10.9. The molecule has 0 aliphatic carbocycles. The lowest BCUT2D eigenvalue weighted by molar-refractivity contribution is 0.960. The molecule has 0 nitrogen and oxygen atoms in total. The third kappa shape index (κ3) is 8.09. The first-order valence-electron chi connectivity index (χ1n) is 3.68. The summed E-state index contributed by atoms with van der Waals surface area (Å²) in [7, 11) is 0. The highest BCUT2D eigenvalue weighted by molar-refractivity contribution is 8.02. The van der Waals surface area contributed by atoms with Gasteiger partial charge in [0.25, 0.3) is 0 Å². The zero-order valence-corrected chi connectivity index (χ0v) is 7.21. The predicted octanol–water partition coefficient (Wildman–Crippen LogP) is 3.44. The third-order valence-electron chi connectivity index (χ3n) is 0.970. The minimum atomic E-state index is 1.23. The molecule has 1 heteroatoms. The van der Waals surface area contributed by atoms with E-state index >= 15 is 0 Å². The fourth-order valence-electron chi connectivity index (χ4n) is 0.489. The van der Waals surface area contributed by atoms with Crippen molar-refractivity contribution in [2.75, 3.05) is 5.75 Å². The topological polar surface area (TPSA) is 0 Å². The number of hydrogen-bond donors (Lipinski definition) is 0. The number of allylic oxidation sites excluding steroid dienone is 1. The second-order valence-corrected chi connectivity index (χ2v) is 3.04. The zero-order valence-electron chi connectivity index (χ0n) is 6.39. The van der Waals surface area contributed by atoms with Crippen LogP contribution in [0.5, 0.6) is 0 Å². The number of thioether (sulfide) groups is 1. The number of unbranched alkanes of at least 4 members (excludes halogenated alkanes) is 1. The van der Waals surface area contributed by atoms with Crippen LogP contribution in [-0.4, -0.2) is 5.75 Å².